The minimum atomic E-state index is -0.167. The van der Waals surface area contributed by atoms with Gasteiger partial charge in [0.15, 0.2) is 0 Å². The lowest BCUT2D eigenvalue weighted by Gasteiger charge is -2.11. The molecule has 0 unspecified atom stereocenters. The minimum absolute atomic E-state index is 0.167. The molecule has 0 amide bonds. The third kappa shape index (κ3) is 1.71. The van der Waals surface area contributed by atoms with Gasteiger partial charge in [-0.2, -0.15) is 0 Å². The Kier molecular flexibility index (Phi) is 2.50. The number of hydrogen-bond acceptors (Lipinski definition) is 4. The van der Waals surface area contributed by atoms with Crippen LogP contribution in [0.15, 0.2) is 66.0 Å². The Morgan fingerprint density at radius 2 is 1.76 bits per heavy atom. The minimum Gasteiger partial charge on any atom is -0.272 e. The van der Waals surface area contributed by atoms with Crippen molar-refractivity contribution in [1.29, 1.82) is 0 Å². The van der Waals surface area contributed by atoms with Gasteiger partial charge < -0.3 is 0 Å². The van der Waals surface area contributed by atoms with Crippen LogP contribution >= 0.6 is 0 Å². The van der Waals surface area contributed by atoms with Crippen LogP contribution in [0, 0.1) is 0 Å². The van der Waals surface area contributed by atoms with Gasteiger partial charge in [0, 0.05) is 17.3 Å². The first-order valence-electron chi connectivity index (χ1n) is 6.51. The van der Waals surface area contributed by atoms with Crippen molar-refractivity contribution < 1.29 is 0 Å². The van der Waals surface area contributed by atoms with Crippen LogP contribution in [-0.2, 0) is 0 Å². The number of benzene rings is 1. The van der Waals surface area contributed by atoms with Crippen molar-refractivity contribution in [2.75, 3.05) is 0 Å². The Labute approximate surface area is 119 Å². The number of pyridine rings is 2. The fourth-order valence-electron chi connectivity index (χ4n) is 2.51. The van der Waals surface area contributed by atoms with Crippen LogP contribution < -0.4 is 5.56 Å². The lowest BCUT2D eigenvalue weighted by Crippen LogP contribution is -2.20. The van der Waals surface area contributed by atoms with Gasteiger partial charge in [-0.3, -0.25) is 14.3 Å². The van der Waals surface area contributed by atoms with Gasteiger partial charge >= 0.3 is 0 Å². The summed E-state index contributed by atoms with van der Waals surface area (Å²) >= 11 is 0. The Balaban J connectivity index is 2.29. The van der Waals surface area contributed by atoms with E-state index >= 15 is 0 Å². The zero-order valence-electron chi connectivity index (χ0n) is 11.0. The van der Waals surface area contributed by atoms with Gasteiger partial charge in [-0.05, 0) is 24.3 Å². The summed E-state index contributed by atoms with van der Waals surface area (Å²) < 4.78 is 1.60. The Morgan fingerprint density at radius 1 is 0.905 bits per heavy atom. The SMILES string of the molecule is O=c1c2ncccc2c2ncncc2n1-c1ccccc1. The number of rotatable bonds is 1. The molecule has 0 saturated heterocycles. The molecule has 4 aromatic rings. The molecular formula is C16H10N4O. The Hall–Kier alpha value is -3.08. The zero-order valence-corrected chi connectivity index (χ0v) is 11.0. The van der Waals surface area contributed by atoms with Crippen LogP contribution in [0.3, 0.4) is 0 Å². The third-order valence-electron chi connectivity index (χ3n) is 3.42. The highest BCUT2D eigenvalue weighted by Crippen LogP contribution is 2.20. The summed E-state index contributed by atoms with van der Waals surface area (Å²) in [4.78, 5) is 25.4. The monoisotopic (exact) mass is 274 g/mol. The van der Waals surface area contributed by atoms with Crippen LogP contribution in [0.1, 0.15) is 0 Å². The summed E-state index contributed by atoms with van der Waals surface area (Å²) in [5, 5.41) is 0.743. The first kappa shape index (κ1) is 11.7. The molecule has 0 spiro atoms. The molecular weight excluding hydrogens is 264 g/mol. The average molecular weight is 274 g/mol. The highest BCUT2D eigenvalue weighted by molar-refractivity contribution is 6.01. The fraction of sp³-hybridized carbons (Fsp3) is 0. The second-order valence-corrected chi connectivity index (χ2v) is 4.63. The van der Waals surface area contributed by atoms with Crippen LogP contribution in [0.2, 0.25) is 0 Å². The number of hydrogen-bond donors (Lipinski definition) is 0. The number of para-hydroxylation sites is 1. The highest BCUT2D eigenvalue weighted by atomic mass is 16.1. The summed E-state index contributed by atoms with van der Waals surface area (Å²) in [6.07, 6.45) is 4.75. The van der Waals surface area contributed by atoms with Crippen molar-refractivity contribution in [3.05, 3.63) is 71.5 Å². The van der Waals surface area contributed by atoms with Gasteiger partial charge in [0.1, 0.15) is 17.4 Å². The Bertz CT molecular complexity index is 1010. The van der Waals surface area contributed by atoms with Crippen molar-refractivity contribution >= 4 is 21.9 Å². The maximum atomic E-state index is 12.8. The van der Waals surface area contributed by atoms with Gasteiger partial charge in [0.2, 0.25) is 0 Å². The molecule has 3 aromatic heterocycles. The Morgan fingerprint density at radius 3 is 2.62 bits per heavy atom. The standard InChI is InChI=1S/C16H10N4O/c21-16-15-12(7-4-8-18-15)14-13(9-17-10-19-14)20(16)11-5-2-1-3-6-11/h1-10H. The molecule has 0 aliphatic carbocycles. The second kappa shape index (κ2) is 4.49. The summed E-state index contributed by atoms with van der Waals surface area (Å²) in [7, 11) is 0. The van der Waals surface area contributed by atoms with Crippen molar-refractivity contribution in [2.45, 2.75) is 0 Å². The molecule has 5 nitrogen and oxygen atoms in total. The van der Waals surface area contributed by atoms with E-state index < -0.39 is 0 Å². The quantitative estimate of drug-likeness (QED) is 0.500. The molecule has 0 atom stereocenters. The van der Waals surface area contributed by atoms with Crippen molar-refractivity contribution in [1.82, 2.24) is 19.5 Å². The fourth-order valence-corrected chi connectivity index (χ4v) is 2.51. The largest absolute Gasteiger partial charge is 0.282 e. The van der Waals surface area contributed by atoms with Crippen LogP contribution in [-0.4, -0.2) is 19.5 Å². The number of fused-ring (bicyclic) bond motifs is 3. The number of nitrogens with zero attached hydrogens (tertiary/aromatic N) is 4. The van der Waals surface area contributed by atoms with Gasteiger partial charge in [0.25, 0.3) is 5.56 Å². The second-order valence-electron chi connectivity index (χ2n) is 4.63. The van der Waals surface area contributed by atoms with E-state index in [-0.39, 0.29) is 5.56 Å². The van der Waals surface area contributed by atoms with Gasteiger partial charge in [-0.1, -0.05) is 18.2 Å². The smallest absolute Gasteiger partial charge is 0.272 e. The summed E-state index contributed by atoms with van der Waals surface area (Å²) in [5.41, 5.74) is 2.41. The predicted molar refractivity (Wildman–Crippen MR) is 80.4 cm³/mol. The van der Waals surface area contributed by atoms with E-state index in [1.807, 2.05) is 36.4 Å². The molecule has 0 aliphatic rings. The van der Waals surface area contributed by atoms with Gasteiger partial charge in [0.05, 0.1) is 11.7 Å². The van der Waals surface area contributed by atoms with Crippen LogP contribution in [0.5, 0.6) is 0 Å². The van der Waals surface area contributed by atoms with Crippen LogP contribution in [0.25, 0.3) is 27.6 Å². The van der Waals surface area contributed by atoms with E-state index in [9.17, 15) is 4.79 Å². The lowest BCUT2D eigenvalue weighted by atomic mass is 10.2. The van der Waals surface area contributed by atoms with Crippen molar-refractivity contribution in [3.8, 4) is 5.69 Å². The van der Waals surface area contributed by atoms with E-state index in [4.69, 9.17) is 0 Å². The van der Waals surface area contributed by atoms with Gasteiger partial charge in [-0.25, -0.2) is 9.97 Å². The van der Waals surface area contributed by atoms with E-state index in [2.05, 4.69) is 15.0 Å². The molecule has 100 valence electrons. The maximum absolute atomic E-state index is 12.8. The normalized spacial score (nSPS) is 11.0. The molecule has 0 saturated carbocycles. The molecule has 0 fully saturated rings. The lowest BCUT2D eigenvalue weighted by molar-refractivity contribution is 1.03. The molecule has 4 rings (SSSR count). The third-order valence-corrected chi connectivity index (χ3v) is 3.42. The van der Waals surface area contributed by atoms with E-state index in [1.54, 1.807) is 23.0 Å². The highest BCUT2D eigenvalue weighted by Gasteiger charge is 2.13. The first-order valence-corrected chi connectivity index (χ1v) is 6.51. The van der Waals surface area contributed by atoms with E-state index in [0.29, 0.717) is 11.0 Å². The molecule has 5 heteroatoms. The molecule has 0 N–H and O–H groups in total. The van der Waals surface area contributed by atoms with Crippen molar-refractivity contribution in [2.24, 2.45) is 0 Å². The number of aromatic nitrogens is 4. The predicted octanol–water partition coefficient (Wildman–Crippen LogP) is 2.33. The molecule has 21 heavy (non-hydrogen) atoms. The van der Waals surface area contributed by atoms with E-state index in [1.165, 1.54) is 6.33 Å². The summed E-state index contributed by atoms with van der Waals surface area (Å²) in [5.74, 6) is 0. The molecule has 0 aliphatic heterocycles. The van der Waals surface area contributed by atoms with Crippen molar-refractivity contribution in [3.63, 3.8) is 0 Å². The van der Waals surface area contributed by atoms with Crippen LogP contribution in [0.4, 0.5) is 0 Å². The average Bonchev–Trinajstić information content (AvgIpc) is 2.56. The zero-order chi connectivity index (χ0) is 14.2. The molecule has 3 heterocycles. The topological polar surface area (TPSA) is 60.7 Å². The van der Waals surface area contributed by atoms with E-state index in [0.717, 1.165) is 16.6 Å². The summed E-state index contributed by atoms with van der Waals surface area (Å²) in [6, 6.07) is 13.1. The van der Waals surface area contributed by atoms with Gasteiger partial charge in [-0.15, -0.1) is 0 Å². The summed E-state index contributed by atoms with van der Waals surface area (Å²) in [6.45, 7) is 0. The first-order chi connectivity index (χ1) is 10.4. The molecule has 0 radical (unpaired) electrons. The molecule has 1 aromatic carbocycles. The maximum Gasteiger partial charge on any atom is 0.282 e. The molecule has 0 bridgehead atoms.